The first-order chi connectivity index (χ1) is 18.0. The summed E-state index contributed by atoms with van der Waals surface area (Å²) in [6.45, 7) is 8.71. The lowest BCUT2D eigenvalue weighted by atomic mass is 10.2. The van der Waals surface area contributed by atoms with Crippen LogP contribution in [0.2, 0.25) is 5.04 Å². The molecular formula is C33H36N2OSi. The minimum absolute atomic E-state index is 0.000183. The summed E-state index contributed by atoms with van der Waals surface area (Å²) in [6, 6.07) is 36.9. The molecule has 2 heterocycles. The van der Waals surface area contributed by atoms with Crippen molar-refractivity contribution in [1.82, 2.24) is 9.55 Å². The number of pyridine rings is 1. The molecule has 0 saturated heterocycles. The van der Waals surface area contributed by atoms with Crippen LogP contribution in [0.25, 0.3) is 22.2 Å². The van der Waals surface area contributed by atoms with Crippen LogP contribution in [-0.2, 0) is 11.0 Å². The average molecular weight is 505 g/mol. The minimum atomic E-state index is -2.49. The highest BCUT2D eigenvalue weighted by atomic mass is 28.4. The van der Waals surface area contributed by atoms with E-state index in [1.165, 1.54) is 27.0 Å². The molecule has 2 aromatic heterocycles. The Morgan fingerprint density at radius 3 is 2.03 bits per heavy atom. The van der Waals surface area contributed by atoms with Crippen LogP contribution in [0.1, 0.15) is 33.6 Å². The molecule has 0 N–H and O–H groups in total. The molecule has 188 valence electrons. The van der Waals surface area contributed by atoms with Crippen molar-refractivity contribution in [3.63, 3.8) is 0 Å². The van der Waals surface area contributed by atoms with Crippen LogP contribution >= 0.6 is 0 Å². The van der Waals surface area contributed by atoms with Crippen molar-refractivity contribution in [2.75, 3.05) is 6.61 Å². The molecule has 0 amide bonds. The van der Waals surface area contributed by atoms with Crippen molar-refractivity contribution in [3.05, 3.63) is 116 Å². The normalized spacial score (nSPS) is 12.2. The lowest BCUT2D eigenvalue weighted by molar-refractivity contribution is 0.285. The third kappa shape index (κ3) is 5.04. The highest BCUT2D eigenvalue weighted by Gasteiger charge is 2.49. The number of benzene rings is 3. The summed E-state index contributed by atoms with van der Waals surface area (Å²) >= 11 is 0. The molecule has 0 aliphatic carbocycles. The number of fused-ring (bicyclic) bond motifs is 1. The fourth-order valence-corrected chi connectivity index (χ4v) is 10.2. The maximum Gasteiger partial charge on any atom is 0.261 e. The summed E-state index contributed by atoms with van der Waals surface area (Å²) in [7, 11) is -2.49. The topological polar surface area (TPSA) is 27.1 Å². The zero-order valence-corrected chi connectivity index (χ0v) is 23.1. The third-order valence-corrected chi connectivity index (χ3v) is 12.3. The number of hydrogen-bond acceptors (Lipinski definition) is 2. The number of aromatic nitrogens is 2. The van der Waals surface area contributed by atoms with Gasteiger partial charge in [0, 0.05) is 42.0 Å². The van der Waals surface area contributed by atoms with Crippen molar-refractivity contribution in [2.24, 2.45) is 0 Å². The van der Waals surface area contributed by atoms with Gasteiger partial charge in [0.15, 0.2) is 0 Å². The quantitative estimate of drug-likeness (QED) is 0.159. The van der Waals surface area contributed by atoms with Crippen LogP contribution in [0.15, 0.2) is 116 Å². The van der Waals surface area contributed by atoms with E-state index in [4.69, 9.17) is 4.43 Å². The second-order valence-electron chi connectivity index (χ2n) is 10.7. The van der Waals surface area contributed by atoms with E-state index in [2.05, 4.69) is 127 Å². The van der Waals surface area contributed by atoms with Gasteiger partial charge in [0.2, 0.25) is 0 Å². The highest BCUT2D eigenvalue weighted by molar-refractivity contribution is 6.99. The molecule has 3 nitrogen and oxygen atoms in total. The van der Waals surface area contributed by atoms with Gasteiger partial charge in [0.05, 0.1) is 5.69 Å². The molecule has 3 aromatic carbocycles. The molecule has 5 aromatic rings. The first kappa shape index (κ1) is 25.2. The summed E-state index contributed by atoms with van der Waals surface area (Å²) in [5.74, 6) is 0. The molecule has 0 spiro atoms. The van der Waals surface area contributed by atoms with E-state index in [9.17, 15) is 0 Å². The summed E-state index contributed by atoms with van der Waals surface area (Å²) in [6.07, 6.45) is 5.84. The minimum Gasteiger partial charge on any atom is -0.407 e. The van der Waals surface area contributed by atoms with Gasteiger partial charge in [-0.15, -0.1) is 0 Å². The van der Waals surface area contributed by atoms with Gasteiger partial charge in [0.1, 0.15) is 0 Å². The van der Waals surface area contributed by atoms with Gasteiger partial charge in [-0.1, -0.05) is 99.6 Å². The van der Waals surface area contributed by atoms with Crippen LogP contribution in [0.3, 0.4) is 0 Å². The van der Waals surface area contributed by atoms with Gasteiger partial charge in [-0.3, -0.25) is 4.98 Å². The zero-order valence-electron chi connectivity index (χ0n) is 22.1. The lowest BCUT2D eigenvalue weighted by Gasteiger charge is -2.43. The van der Waals surface area contributed by atoms with E-state index >= 15 is 0 Å². The number of nitrogens with zero attached hydrogens (tertiary/aromatic N) is 2. The Morgan fingerprint density at radius 2 is 1.41 bits per heavy atom. The largest absolute Gasteiger partial charge is 0.407 e. The smallest absolute Gasteiger partial charge is 0.261 e. The van der Waals surface area contributed by atoms with Gasteiger partial charge in [0.25, 0.3) is 8.32 Å². The number of hydrogen-bond donors (Lipinski definition) is 0. The van der Waals surface area contributed by atoms with E-state index in [0.717, 1.165) is 31.6 Å². The number of unbranched alkanes of at least 4 members (excludes halogenated alkanes) is 1. The fraction of sp³-hybridized carbons (Fsp3) is 0.242. The van der Waals surface area contributed by atoms with Crippen LogP contribution < -0.4 is 10.4 Å². The predicted molar refractivity (Wildman–Crippen MR) is 158 cm³/mol. The summed E-state index contributed by atoms with van der Waals surface area (Å²) in [5.41, 5.74) is 3.65. The maximum absolute atomic E-state index is 7.11. The second-order valence-corrected chi connectivity index (χ2v) is 15.0. The Balaban J connectivity index is 1.37. The van der Waals surface area contributed by atoms with Gasteiger partial charge in [-0.25, -0.2) is 0 Å². The first-order valence-electron chi connectivity index (χ1n) is 13.2. The zero-order chi connectivity index (χ0) is 25.7. The van der Waals surface area contributed by atoms with Crippen molar-refractivity contribution in [2.45, 2.75) is 45.2 Å². The number of rotatable bonds is 9. The SMILES string of the molecule is CC(C)(C)[Si](OCCCCn1c(-c2cccnc2)cc2ccccc21)(c1ccccc1)c1ccccc1. The van der Waals surface area contributed by atoms with E-state index < -0.39 is 8.32 Å². The molecular weight excluding hydrogens is 468 g/mol. The second kappa shape index (κ2) is 10.9. The third-order valence-electron chi connectivity index (χ3n) is 7.28. The Bertz CT molecular complexity index is 1380. The van der Waals surface area contributed by atoms with Crippen LogP contribution in [0.4, 0.5) is 0 Å². The molecule has 5 rings (SSSR count). The Morgan fingerprint density at radius 1 is 0.757 bits per heavy atom. The monoisotopic (exact) mass is 504 g/mol. The van der Waals surface area contributed by atoms with Gasteiger partial charge < -0.3 is 8.99 Å². The van der Waals surface area contributed by atoms with Crippen LogP contribution in [0, 0.1) is 0 Å². The predicted octanol–water partition coefficient (Wildman–Crippen LogP) is 7.06. The summed E-state index contributed by atoms with van der Waals surface area (Å²) in [5, 5.41) is 3.94. The van der Waals surface area contributed by atoms with Crippen molar-refractivity contribution < 1.29 is 4.43 Å². The molecule has 0 aliphatic heterocycles. The standard InChI is InChI=1S/C33H36N2OSi/c1-33(2,3)37(29-17-6-4-7-18-29,30-19-8-5-9-20-30)36-24-13-12-23-35-31-21-11-10-15-27(31)25-32(35)28-16-14-22-34-26-28/h4-11,14-22,25-26H,12-13,23-24H2,1-3H3. The van der Waals surface area contributed by atoms with E-state index in [0.29, 0.717) is 0 Å². The molecule has 0 fully saturated rings. The van der Waals surface area contributed by atoms with Crippen molar-refractivity contribution >= 4 is 29.6 Å². The Kier molecular flexibility index (Phi) is 7.40. The first-order valence-corrected chi connectivity index (χ1v) is 15.2. The number of aryl methyl sites for hydroxylation is 1. The van der Waals surface area contributed by atoms with Gasteiger partial charge in [-0.05, 0) is 52.5 Å². The molecule has 37 heavy (non-hydrogen) atoms. The lowest BCUT2D eigenvalue weighted by Crippen LogP contribution is -2.66. The molecule has 0 bridgehead atoms. The Labute approximate surface area is 221 Å². The molecule has 0 atom stereocenters. The van der Waals surface area contributed by atoms with Crippen LogP contribution in [0.5, 0.6) is 0 Å². The fourth-order valence-electron chi connectivity index (χ4n) is 5.56. The molecule has 0 saturated carbocycles. The Hall–Kier alpha value is -3.47. The average Bonchev–Trinajstić information content (AvgIpc) is 3.30. The molecule has 0 aliphatic rings. The highest BCUT2D eigenvalue weighted by Crippen LogP contribution is 2.37. The maximum atomic E-state index is 7.11. The van der Waals surface area contributed by atoms with E-state index in [-0.39, 0.29) is 5.04 Å². The van der Waals surface area contributed by atoms with E-state index in [1.807, 2.05) is 18.5 Å². The summed E-state index contributed by atoms with van der Waals surface area (Å²) in [4.78, 5) is 4.36. The molecule has 4 heteroatoms. The van der Waals surface area contributed by atoms with Crippen molar-refractivity contribution in [3.8, 4) is 11.3 Å². The molecule has 0 unspecified atom stereocenters. The molecule has 0 radical (unpaired) electrons. The summed E-state index contributed by atoms with van der Waals surface area (Å²) < 4.78 is 9.55. The van der Waals surface area contributed by atoms with Gasteiger partial charge >= 0.3 is 0 Å². The van der Waals surface area contributed by atoms with Crippen molar-refractivity contribution in [1.29, 1.82) is 0 Å². The van der Waals surface area contributed by atoms with Gasteiger partial charge in [-0.2, -0.15) is 0 Å². The van der Waals surface area contributed by atoms with Crippen LogP contribution in [-0.4, -0.2) is 24.5 Å². The van der Waals surface area contributed by atoms with E-state index in [1.54, 1.807) is 0 Å². The number of para-hydroxylation sites is 1.